The summed E-state index contributed by atoms with van der Waals surface area (Å²) in [6, 6.07) is 11.3. The van der Waals surface area contributed by atoms with E-state index in [0.717, 1.165) is 79.7 Å². The summed E-state index contributed by atoms with van der Waals surface area (Å²) < 4.78 is 16.5. The Labute approximate surface area is 275 Å². The molecule has 3 aliphatic rings. The molecule has 3 aromatic carbocycles. The summed E-state index contributed by atoms with van der Waals surface area (Å²) >= 11 is 3.39. The van der Waals surface area contributed by atoms with E-state index in [0.29, 0.717) is 25.0 Å². The summed E-state index contributed by atoms with van der Waals surface area (Å²) in [6.45, 7) is 6.64. The Morgan fingerprint density at radius 1 is 0.622 bits per heavy atom. The number of ether oxygens (including phenoxy) is 3. The van der Waals surface area contributed by atoms with Crippen molar-refractivity contribution in [3.63, 3.8) is 0 Å². The Bertz CT molecular complexity index is 1780. The number of carbonyl (C=O) groups excluding carboxylic acids is 3. The van der Waals surface area contributed by atoms with Gasteiger partial charge in [0.15, 0.2) is 17.3 Å². The number of aryl methyl sites for hydroxylation is 3. The van der Waals surface area contributed by atoms with Crippen molar-refractivity contribution < 1.29 is 28.6 Å². The largest absolute Gasteiger partial charge is 0.496 e. The van der Waals surface area contributed by atoms with Gasteiger partial charge in [0.2, 0.25) is 0 Å². The van der Waals surface area contributed by atoms with Crippen LogP contribution in [-0.2, 0) is 19.3 Å². The van der Waals surface area contributed by atoms with Gasteiger partial charge in [-0.05, 0) is 88.3 Å². The molecule has 6 rings (SSSR count). The van der Waals surface area contributed by atoms with Crippen LogP contribution in [0, 0.1) is 23.8 Å². The molecule has 0 bridgehead atoms. The summed E-state index contributed by atoms with van der Waals surface area (Å²) in [5, 5.41) is 0. The van der Waals surface area contributed by atoms with Crippen LogP contribution in [0.1, 0.15) is 78.2 Å². The molecular formula is C37H37BrO6Si. The van der Waals surface area contributed by atoms with Gasteiger partial charge in [0.1, 0.15) is 25.3 Å². The molecule has 0 amide bonds. The molecular weight excluding hydrogens is 648 g/mol. The minimum absolute atomic E-state index is 0.182. The van der Waals surface area contributed by atoms with E-state index in [2.05, 4.69) is 53.0 Å². The number of ketones is 3. The average Bonchev–Trinajstić information content (AvgIpc) is 3.70. The molecule has 3 aromatic rings. The third kappa shape index (κ3) is 7.95. The van der Waals surface area contributed by atoms with Crippen LogP contribution in [0.2, 0.25) is 19.6 Å². The molecule has 0 aliphatic heterocycles. The van der Waals surface area contributed by atoms with Crippen molar-refractivity contribution in [2.24, 2.45) is 0 Å². The molecule has 0 saturated heterocycles. The predicted octanol–water partition coefficient (Wildman–Crippen LogP) is 7.45. The molecule has 0 saturated carbocycles. The Morgan fingerprint density at radius 3 is 1.44 bits per heavy atom. The molecule has 6 nitrogen and oxygen atoms in total. The lowest BCUT2D eigenvalue weighted by Gasteiger charge is -2.08. The second-order valence-electron chi connectivity index (χ2n) is 12.0. The first-order valence-corrected chi connectivity index (χ1v) is 19.1. The first-order valence-electron chi connectivity index (χ1n) is 14.8. The zero-order valence-corrected chi connectivity index (χ0v) is 29.2. The molecule has 0 heterocycles. The van der Waals surface area contributed by atoms with Gasteiger partial charge in [-0.3, -0.25) is 14.4 Å². The number of hydrogen-bond donors (Lipinski definition) is 0. The second kappa shape index (κ2) is 14.3. The number of fused-ring (bicyclic) bond motifs is 3. The van der Waals surface area contributed by atoms with Crippen LogP contribution < -0.4 is 14.2 Å². The van der Waals surface area contributed by atoms with Crippen molar-refractivity contribution in [3.8, 4) is 41.1 Å². The normalized spacial score (nSPS) is 14.0. The Hall–Kier alpha value is -4.11. The quantitative estimate of drug-likeness (QED) is 0.211. The lowest BCUT2D eigenvalue weighted by atomic mass is 10.1. The summed E-state index contributed by atoms with van der Waals surface area (Å²) in [5.41, 5.74) is 10.6. The topological polar surface area (TPSA) is 78.9 Å². The summed E-state index contributed by atoms with van der Waals surface area (Å²) in [6.07, 6.45) is 9.67. The molecule has 0 fully saturated rings. The van der Waals surface area contributed by atoms with Gasteiger partial charge in [-0.25, -0.2) is 0 Å². The second-order valence-corrected chi connectivity index (χ2v) is 17.6. The van der Waals surface area contributed by atoms with Crippen molar-refractivity contribution in [3.05, 3.63) is 85.4 Å². The Balaban J connectivity index is 0.000000156. The Kier molecular flexibility index (Phi) is 10.8. The molecule has 8 heteroatoms. The highest BCUT2D eigenvalue weighted by atomic mass is 79.9. The monoisotopic (exact) mass is 684 g/mol. The van der Waals surface area contributed by atoms with E-state index in [1.807, 2.05) is 30.3 Å². The van der Waals surface area contributed by atoms with Crippen LogP contribution in [0.3, 0.4) is 0 Å². The predicted molar refractivity (Wildman–Crippen MR) is 183 cm³/mol. The maximum atomic E-state index is 11.7. The standard InChI is InChI=1S/C15H18O2Si.C12H10O2.C10H9BrO2/c1-17-15-10-13-11(5-6-14(13)16)9-12(15)7-8-18(2,3)4;1-3-8-6-9-4-5-11(13)10(9)7-12(8)14-2;1-13-10-5-7-6(4-8(10)11)2-3-9(7)12/h9-10H,5-6H2,1-4H3;1,6-7H,4-5H2,2H3;4-5H,2-3H2,1H3. The number of carbonyl (C=O) groups is 3. The van der Waals surface area contributed by atoms with Crippen LogP contribution in [0.25, 0.3) is 0 Å². The fourth-order valence-electron chi connectivity index (χ4n) is 5.35. The fraction of sp³-hybridized carbons (Fsp3) is 0.324. The van der Waals surface area contributed by atoms with Gasteiger partial charge in [-0.2, -0.15) is 0 Å². The number of terminal acetylenes is 1. The highest BCUT2D eigenvalue weighted by molar-refractivity contribution is 9.10. The van der Waals surface area contributed by atoms with E-state index in [9.17, 15) is 14.4 Å². The fourth-order valence-corrected chi connectivity index (χ4v) is 6.41. The van der Waals surface area contributed by atoms with Crippen LogP contribution in [0.5, 0.6) is 17.2 Å². The number of halogens is 1. The maximum Gasteiger partial charge on any atom is 0.163 e. The van der Waals surface area contributed by atoms with E-state index in [1.165, 1.54) is 0 Å². The minimum Gasteiger partial charge on any atom is -0.496 e. The molecule has 232 valence electrons. The molecule has 0 atom stereocenters. The number of hydrogen-bond acceptors (Lipinski definition) is 6. The van der Waals surface area contributed by atoms with Crippen molar-refractivity contribution >= 4 is 41.4 Å². The van der Waals surface area contributed by atoms with Gasteiger partial charge >= 0.3 is 0 Å². The van der Waals surface area contributed by atoms with Gasteiger partial charge in [0.05, 0.1) is 36.9 Å². The van der Waals surface area contributed by atoms with E-state index in [4.69, 9.17) is 20.6 Å². The molecule has 0 N–H and O–H groups in total. The number of Topliss-reactive ketones (excluding diaryl/α,β-unsaturated/α-hetero) is 3. The molecule has 0 unspecified atom stereocenters. The van der Waals surface area contributed by atoms with E-state index < -0.39 is 8.07 Å². The van der Waals surface area contributed by atoms with Crippen LogP contribution in [0.4, 0.5) is 0 Å². The highest BCUT2D eigenvalue weighted by Gasteiger charge is 2.23. The SMILES string of the molecule is C#Cc1cc2c(cc1OC)C(=O)CC2.COc1cc2c(cc1Br)CCC2=O.COc1cc2c(cc1C#C[Si](C)(C)C)CCC2=O. The average molecular weight is 686 g/mol. The number of methoxy groups -OCH3 is 3. The van der Waals surface area contributed by atoms with E-state index >= 15 is 0 Å². The molecule has 0 spiro atoms. The highest BCUT2D eigenvalue weighted by Crippen LogP contribution is 2.33. The Morgan fingerprint density at radius 2 is 1.02 bits per heavy atom. The summed E-state index contributed by atoms with van der Waals surface area (Å²) in [4.78, 5) is 34.5. The van der Waals surface area contributed by atoms with Crippen molar-refractivity contribution in [1.82, 2.24) is 0 Å². The first-order chi connectivity index (χ1) is 21.4. The molecule has 0 aromatic heterocycles. The molecule has 3 aliphatic carbocycles. The number of benzene rings is 3. The summed E-state index contributed by atoms with van der Waals surface area (Å²) in [7, 11) is 3.39. The van der Waals surface area contributed by atoms with E-state index in [-0.39, 0.29) is 17.3 Å². The van der Waals surface area contributed by atoms with Crippen molar-refractivity contribution in [1.29, 1.82) is 0 Å². The summed E-state index contributed by atoms with van der Waals surface area (Å²) in [5.74, 6) is 8.46. The van der Waals surface area contributed by atoms with E-state index in [1.54, 1.807) is 27.4 Å². The van der Waals surface area contributed by atoms with Crippen LogP contribution in [-0.4, -0.2) is 46.8 Å². The van der Waals surface area contributed by atoms with Crippen LogP contribution in [0.15, 0.2) is 40.9 Å². The zero-order chi connectivity index (χ0) is 32.9. The maximum absolute atomic E-state index is 11.7. The van der Waals surface area contributed by atoms with Crippen LogP contribution >= 0.6 is 15.9 Å². The van der Waals surface area contributed by atoms with Gasteiger partial charge in [0.25, 0.3) is 0 Å². The smallest absolute Gasteiger partial charge is 0.163 e. The molecule has 0 radical (unpaired) electrons. The third-order valence-corrected chi connectivity index (χ3v) is 9.22. The lowest BCUT2D eigenvalue weighted by Crippen LogP contribution is -2.16. The molecule has 45 heavy (non-hydrogen) atoms. The zero-order valence-electron chi connectivity index (χ0n) is 26.6. The van der Waals surface area contributed by atoms with Gasteiger partial charge in [-0.1, -0.05) is 31.5 Å². The first kappa shape index (κ1) is 33.8. The minimum atomic E-state index is -1.40. The van der Waals surface area contributed by atoms with Gasteiger partial charge < -0.3 is 14.2 Å². The van der Waals surface area contributed by atoms with Gasteiger partial charge in [0, 0.05) is 36.0 Å². The van der Waals surface area contributed by atoms with Gasteiger partial charge in [-0.15, -0.1) is 12.0 Å². The third-order valence-electron chi connectivity index (χ3n) is 7.72. The van der Waals surface area contributed by atoms with Crippen molar-refractivity contribution in [2.75, 3.05) is 21.3 Å². The van der Waals surface area contributed by atoms with Crippen molar-refractivity contribution in [2.45, 2.75) is 58.2 Å². The lowest BCUT2D eigenvalue weighted by molar-refractivity contribution is 0.0986. The number of rotatable bonds is 3.